The monoisotopic (exact) mass is 270 g/mol. The van der Waals surface area contributed by atoms with Crippen molar-refractivity contribution >= 4 is 23.1 Å². The highest BCUT2D eigenvalue weighted by molar-refractivity contribution is 6.06. The second kappa shape index (κ2) is 5.61. The van der Waals surface area contributed by atoms with Gasteiger partial charge in [-0.2, -0.15) is 0 Å². The Hall–Kier alpha value is -2.56. The van der Waals surface area contributed by atoms with Crippen LogP contribution < -0.4 is 16.0 Å². The van der Waals surface area contributed by atoms with Gasteiger partial charge in [-0.25, -0.2) is 4.98 Å². The zero-order valence-corrected chi connectivity index (χ0v) is 11.8. The van der Waals surface area contributed by atoms with Gasteiger partial charge in [0.25, 0.3) is 5.91 Å². The van der Waals surface area contributed by atoms with Crippen molar-refractivity contribution in [2.45, 2.75) is 6.92 Å². The Morgan fingerprint density at radius 3 is 2.70 bits per heavy atom. The first-order valence-electron chi connectivity index (χ1n) is 6.29. The van der Waals surface area contributed by atoms with Crippen LogP contribution in [0.4, 0.5) is 17.2 Å². The fourth-order valence-electron chi connectivity index (χ4n) is 1.83. The van der Waals surface area contributed by atoms with Gasteiger partial charge in [0.05, 0.1) is 5.69 Å². The number of nitrogens with two attached hydrogens (primary N) is 1. The van der Waals surface area contributed by atoms with Crippen LogP contribution in [0.1, 0.15) is 15.9 Å². The van der Waals surface area contributed by atoms with E-state index in [9.17, 15) is 4.79 Å². The molecule has 0 aliphatic carbocycles. The molecule has 5 heteroatoms. The van der Waals surface area contributed by atoms with Crippen LogP contribution in [0.25, 0.3) is 0 Å². The molecular formula is C15H18N4O. The molecule has 1 aromatic heterocycles. The van der Waals surface area contributed by atoms with E-state index in [2.05, 4.69) is 10.3 Å². The van der Waals surface area contributed by atoms with Gasteiger partial charge in [0, 0.05) is 31.5 Å². The normalized spacial score (nSPS) is 10.2. The molecule has 2 aromatic rings. The van der Waals surface area contributed by atoms with Gasteiger partial charge in [0.15, 0.2) is 5.82 Å². The van der Waals surface area contributed by atoms with E-state index >= 15 is 0 Å². The smallest absolute Gasteiger partial charge is 0.255 e. The minimum absolute atomic E-state index is 0.201. The number of benzene rings is 1. The molecule has 20 heavy (non-hydrogen) atoms. The molecule has 0 aliphatic rings. The van der Waals surface area contributed by atoms with Crippen LogP contribution in [0.2, 0.25) is 0 Å². The molecule has 2 rings (SSSR count). The predicted octanol–water partition coefficient (Wildman–Crippen LogP) is 2.29. The molecule has 0 saturated carbocycles. The summed E-state index contributed by atoms with van der Waals surface area (Å²) in [6.45, 7) is 1.91. The number of aryl methyl sites for hydroxylation is 1. The summed E-state index contributed by atoms with van der Waals surface area (Å²) in [5, 5.41) is 2.86. The van der Waals surface area contributed by atoms with E-state index in [1.165, 1.54) is 0 Å². The molecule has 0 radical (unpaired) electrons. The van der Waals surface area contributed by atoms with Gasteiger partial charge in [-0.1, -0.05) is 6.07 Å². The van der Waals surface area contributed by atoms with Gasteiger partial charge in [-0.05, 0) is 36.8 Å². The van der Waals surface area contributed by atoms with E-state index in [-0.39, 0.29) is 5.91 Å². The van der Waals surface area contributed by atoms with Crippen molar-refractivity contribution in [3.8, 4) is 0 Å². The topological polar surface area (TPSA) is 71.2 Å². The summed E-state index contributed by atoms with van der Waals surface area (Å²) in [5.41, 5.74) is 8.59. The van der Waals surface area contributed by atoms with Crippen LogP contribution in [-0.2, 0) is 0 Å². The van der Waals surface area contributed by atoms with Gasteiger partial charge >= 0.3 is 0 Å². The molecule has 3 N–H and O–H groups in total. The van der Waals surface area contributed by atoms with Crippen molar-refractivity contribution < 1.29 is 4.79 Å². The third kappa shape index (κ3) is 2.88. The molecule has 0 saturated heterocycles. The Morgan fingerprint density at radius 1 is 1.30 bits per heavy atom. The lowest BCUT2D eigenvalue weighted by Crippen LogP contribution is -2.18. The molecule has 1 aromatic carbocycles. The third-order valence-electron chi connectivity index (χ3n) is 3.00. The first-order valence-corrected chi connectivity index (χ1v) is 6.29. The molecular weight excluding hydrogens is 252 g/mol. The molecule has 5 nitrogen and oxygen atoms in total. The van der Waals surface area contributed by atoms with Crippen LogP contribution in [-0.4, -0.2) is 25.0 Å². The van der Waals surface area contributed by atoms with Crippen LogP contribution in [0.15, 0.2) is 36.5 Å². The number of aromatic nitrogens is 1. The molecule has 0 aliphatic heterocycles. The van der Waals surface area contributed by atoms with E-state index in [4.69, 9.17) is 5.73 Å². The van der Waals surface area contributed by atoms with E-state index in [0.29, 0.717) is 22.8 Å². The van der Waals surface area contributed by atoms with Crippen molar-refractivity contribution in [3.63, 3.8) is 0 Å². The summed E-state index contributed by atoms with van der Waals surface area (Å²) < 4.78 is 0. The zero-order chi connectivity index (χ0) is 14.7. The number of nitrogen functional groups attached to an aromatic ring is 1. The van der Waals surface area contributed by atoms with E-state index < -0.39 is 0 Å². The maximum absolute atomic E-state index is 12.2. The molecule has 1 heterocycles. The summed E-state index contributed by atoms with van der Waals surface area (Å²) in [6, 6.07) is 8.87. The molecule has 0 atom stereocenters. The second-order valence-corrected chi connectivity index (χ2v) is 4.79. The number of hydrogen-bond donors (Lipinski definition) is 2. The minimum atomic E-state index is -0.201. The van der Waals surface area contributed by atoms with Gasteiger partial charge in [-0.15, -0.1) is 0 Å². The Balaban J connectivity index is 2.26. The van der Waals surface area contributed by atoms with E-state index in [1.807, 2.05) is 38.1 Å². The summed E-state index contributed by atoms with van der Waals surface area (Å²) in [4.78, 5) is 18.3. The number of pyridine rings is 1. The fourth-order valence-corrected chi connectivity index (χ4v) is 1.83. The van der Waals surface area contributed by atoms with Crippen LogP contribution in [0, 0.1) is 6.92 Å². The Bertz CT molecular complexity index is 638. The van der Waals surface area contributed by atoms with E-state index in [0.717, 1.165) is 5.56 Å². The van der Waals surface area contributed by atoms with Gasteiger partial charge in [0.1, 0.15) is 0 Å². The lowest BCUT2D eigenvalue weighted by atomic mass is 10.1. The number of anilines is 3. The largest absolute Gasteiger partial charge is 0.398 e. The molecule has 104 valence electrons. The summed E-state index contributed by atoms with van der Waals surface area (Å²) >= 11 is 0. The van der Waals surface area contributed by atoms with Crippen molar-refractivity contribution in [2.75, 3.05) is 30.0 Å². The molecule has 0 fully saturated rings. The standard InChI is InChI=1S/C15H18N4O/c1-10-6-7-11(9-12(10)16)15(20)18-13-5-4-8-17-14(13)19(2)3/h4-9H,16H2,1-3H3,(H,18,20). The summed E-state index contributed by atoms with van der Waals surface area (Å²) in [6.07, 6.45) is 1.69. The number of carbonyl (C=O) groups is 1. The minimum Gasteiger partial charge on any atom is -0.398 e. The maximum Gasteiger partial charge on any atom is 0.255 e. The number of carbonyl (C=O) groups excluding carboxylic acids is 1. The lowest BCUT2D eigenvalue weighted by Gasteiger charge is -2.16. The Labute approximate surface area is 118 Å². The highest BCUT2D eigenvalue weighted by atomic mass is 16.1. The number of rotatable bonds is 3. The predicted molar refractivity (Wildman–Crippen MR) is 82.1 cm³/mol. The van der Waals surface area contributed by atoms with Gasteiger partial charge in [-0.3, -0.25) is 4.79 Å². The van der Waals surface area contributed by atoms with Crippen LogP contribution in [0.5, 0.6) is 0 Å². The maximum atomic E-state index is 12.2. The summed E-state index contributed by atoms with van der Waals surface area (Å²) in [7, 11) is 3.75. The number of nitrogens with one attached hydrogen (secondary N) is 1. The highest BCUT2D eigenvalue weighted by Gasteiger charge is 2.11. The Morgan fingerprint density at radius 2 is 2.05 bits per heavy atom. The van der Waals surface area contributed by atoms with Gasteiger partial charge < -0.3 is 16.0 Å². The average molecular weight is 270 g/mol. The van der Waals surface area contributed by atoms with Crippen molar-refractivity contribution in [3.05, 3.63) is 47.7 Å². The number of nitrogens with zero attached hydrogens (tertiary/aromatic N) is 2. The second-order valence-electron chi connectivity index (χ2n) is 4.79. The molecule has 0 spiro atoms. The Kier molecular flexibility index (Phi) is 3.89. The quantitative estimate of drug-likeness (QED) is 0.839. The first-order chi connectivity index (χ1) is 9.49. The van der Waals surface area contributed by atoms with Crippen molar-refractivity contribution in [1.29, 1.82) is 0 Å². The highest BCUT2D eigenvalue weighted by Crippen LogP contribution is 2.21. The number of amides is 1. The molecule has 1 amide bonds. The first kappa shape index (κ1) is 13.9. The SMILES string of the molecule is Cc1ccc(C(=O)Nc2cccnc2N(C)C)cc1N. The van der Waals surface area contributed by atoms with Crippen molar-refractivity contribution in [1.82, 2.24) is 4.98 Å². The zero-order valence-electron chi connectivity index (χ0n) is 11.8. The summed E-state index contributed by atoms with van der Waals surface area (Å²) in [5.74, 6) is 0.508. The molecule has 0 bridgehead atoms. The van der Waals surface area contributed by atoms with Gasteiger partial charge in [0.2, 0.25) is 0 Å². The van der Waals surface area contributed by atoms with Crippen LogP contribution in [0.3, 0.4) is 0 Å². The lowest BCUT2D eigenvalue weighted by molar-refractivity contribution is 0.102. The molecule has 0 unspecified atom stereocenters. The number of hydrogen-bond acceptors (Lipinski definition) is 4. The third-order valence-corrected chi connectivity index (χ3v) is 3.00. The fraction of sp³-hybridized carbons (Fsp3) is 0.200. The van der Waals surface area contributed by atoms with Crippen LogP contribution >= 0.6 is 0 Å². The van der Waals surface area contributed by atoms with Crippen molar-refractivity contribution in [2.24, 2.45) is 0 Å². The average Bonchev–Trinajstić information content (AvgIpc) is 2.42. The van der Waals surface area contributed by atoms with E-state index in [1.54, 1.807) is 24.4 Å².